The van der Waals surface area contributed by atoms with Crippen molar-refractivity contribution in [1.82, 2.24) is 0 Å². The maximum absolute atomic E-state index is 13.7. The minimum Gasteiger partial charge on any atom is -0.512 e. The fourth-order valence-electron chi connectivity index (χ4n) is 5.25. The number of hydrogen-bond acceptors (Lipinski definition) is 4. The van der Waals surface area contributed by atoms with Gasteiger partial charge in [0.15, 0.2) is 11.6 Å². The van der Waals surface area contributed by atoms with Gasteiger partial charge in [-0.1, -0.05) is 51.4 Å². The molecular formula is C29H31ClFNO3. The van der Waals surface area contributed by atoms with Crippen molar-refractivity contribution in [1.29, 1.82) is 0 Å². The predicted molar refractivity (Wildman–Crippen MR) is 137 cm³/mol. The molecule has 0 bridgehead atoms. The first-order valence-electron chi connectivity index (χ1n) is 11.8. The molecule has 0 radical (unpaired) electrons. The van der Waals surface area contributed by atoms with E-state index >= 15 is 0 Å². The van der Waals surface area contributed by atoms with Crippen LogP contribution in [0.4, 0.5) is 10.1 Å². The van der Waals surface area contributed by atoms with Crippen molar-refractivity contribution >= 4 is 28.9 Å². The summed E-state index contributed by atoms with van der Waals surface area (Å²) in [6.07, 6.45) is 1.51. The van der Waals surface area contributed by atoms with Gasteiger partial charge in [-0.2, -0.15) is 0 Å². The number of benzene rings is 2. The summed E-state index contributed by atoms with van der Waals surface area (Å²) >= 11 is 6.15. The normalized spacial score (nSPS) is 20.7. The highest BCUT2D eigenvalue weighted by molar-refractivity contribution is 6.30. The van der Waals surface area contributed by atoms with Crippen molar-refractivity contribution < 1.29 is 19.1 Å². The van der Waals surface area contributed by atoms with E-state index in [1.54, 1.807) is 36.4 Å². The van der Waals surface area contributed by atoms with Crippen LogP contribution in [-0.4, -0.2) is 16.7 Å². The molecule has 2 aromatic carbocycles. The third-order valence-electron chi connectivity index (χ3n) is 6.74. The Morgan fingerprint density at radius 3 is 1.94 bits per heavy atom. The number of nitrogens with one attached hydrogen (secondary N) is 1. The molecule has 184 valence electrons. The highest BCUT2D eigenvalue weighted by Gasteiger charge is 2.43. The van der Waals surface area contributed by atoms with E-state index in [4.69, 9.17) is 11.6 Å². The molecule has 4 nitrogen and oxygen atoms in total. The lowest BCUT2D eigenvalue weighted by Gasteiger charge is -2.38. The van der Waals surface area contributed by atoms with Crippen molar-refractivity contribution in [2.24, 2.45) is 10.8 Å². The predicted octanol–water partition coefficient (Wildman–Crippen LogP) is 7.52. The number of Topliss-reactive ketones (excluding diaryl/α,β-unsaturated/α-hetero) is 2. The molecule has 0 saturated carbocycles. The summed E-state index contributed by atoms with van der Waals surface area (Å²) in [5.74, 6) is -1.30. The van der Waals surface area contributed by atoms with Gasteiger partial charge in [0.05, 0.1) is 0 Å². The number of aliphatic hydroxyl groups excluding tert-OH is 1. The fraction of sp³-hybridized carbons (Fsp3) is 0.379. The first-order valence-corrected chi connectivity index (χ1v) is 12.2. The Kier molecular flexibility index (Phi) is 6.67. The quantitative estimate of drug-likeness (QED) is 0.450. The zero-order valence-electron chi connectivity index (χ0n) is 20.5. The first kappa shape index (κ1) is 25.2. The van der Waals surface area contributed by atoms with E-state index in [9.17, 15) is 19.1 Å². The molecule has 0 heterocycles. The molecular weight excluding hydrogens is 465 g/mol. The average Bonchev–Trinajstić information content (AvgIpc) is 2.72. The smallest absolute Gasteiger partial charge is 0.163 e. The van der Waals surface area contributed by atoms with Crippen LogP contribution < -0.4 is 5.32 Å². The summed E-state index contributed by atoms with van der Waals surface area (Å²) < 4.78 is 13.5. The molecule has 6 heteroatoms. The summed E-state index contributed by atoms with van der Waals surface area (Å²) in [4.78, 5) is 27.2. The van der Waals surface area contributed by atoms with Crippen LogP contribution in [0, 0.1) is 16.6 Å². The second-order valence-electron chi connectivity index (χ2n) is 11.3. The minimum absolute atomic E-state index is 0.0254. The van der Waals surface area contributed by atoms with Gasteiger partial charge < -0.3 is 10.4 Å². The van der Waals surface area contributed by atoms with Crippen molar-refractivity contribution in [3.05, 3.63) is 87.5 Å². The lowest BCUT2D eigenvalue weighted by molar-refractivity contribution is -0.119. The van der Waals surface area contributed by atoms with Gasteiger partial charge >= 0.3 is 0 Å². The standard InChI is InChI=1S/C29H31ClFNO3/c1-28(2)13-21(32-20-11-9-19(31)10-12-20)26(22(33)14-28)25(17-5-7-18(30)8-6-17)27-23(34)15-29(3,4)16-24(27)35/h5-12,25,32,34H,13-16H2,1-4H3. The van der Waals surface area contributed by atoms with E-state index in [1.165, 1.54) is 12.1 Å². The van der Waals surface area contributed by atoms with E-state index in [0.29, 0.717) is 46.8 Å². The summed E-state index contributed by atoms with van der Waals surface area (Å²) in [5, 5.41) is 15.0. The van der Waals surface area contributed by atoms with Crippen LogP contribution in [0.25, 0.3) is 0 Å². The number of allylic oxidation sites excluding steroid dienone is 4. The lowest BCUT2D eigenvalue weighted by Crippen LogP contribution is -2.34. The molecule has 2 N–H and O–H groups in total. The van der Waals surface area contributed by atoms with Crippen LogP contribution in [0.3, 0.4) is 0 Å². The monoisotopic (exact) mass is 495 g/mol. The molecule has 0 aliphatic heterocycles. The lowest BCUT2D eigenvalue weighted by atomic mass is 9.66. The Bertz CT molecular complexity index is 1220. The maximum atomic E-state index is 13.7. The Morgan fingerprint density at radius 2 is 1.37 bits per heavy atom. The summed E-state index contributed by atoms with van der Waals surface area (Å²) in [6, 6.07) is 13.0. The van der Waals surface area contributed by atoms with Gasteiger partial charge in [-0.05, 0) is 59.2 Å². The third-order valence-corrected chi connectivity index (χ3v) is 6.99. The molecule has 0 amide bonds. The van der Waals surface area contributed by atoms with Gasteiger partial charge in [-0.15, -0.1) is 0 Å². The van der Waals surface area contributed by atoms with Crippen LogP contribution in [-0.2, 0) is 9.59 Å². The molecule has 2 aliphatic rings. The van der Waals surface area contributed by atoms with Crippen LogP contribution >= 0.6 is 11.6 Å². The molecule has 35 heavy (non-hydrogen) atoms. The van der Waals surface area contributed by atoms with Crippen molar-refractivity contribution in [3.63, 3.8) is 0 Å². The van der Waals surface area contributed by atoms with Gasteiger partial charge in [-0.3, -0.25) is 9.59 Å². The van der Waals surface area contributed by atoms with Crippen LogP contribution in [0.15, 0.2) is 71.1 Å². The van der Waals surface area contributed by atoms with Crippen LogP contribution in [0.5, 0.6) is 0 Å². The number of rotatable bonds is 5. The first-order chi connectivity index (χ1) is 16.3. The second kappa shape index (κ2) is 9.27. The van der Waals surface area contributed by atoms with E-state index in [2.05, 4.69) is 5.32 Å². The van der Waals surface area contributed by atoms with E-state index < -0.39 is 5.92 Å². The SMILES string of the molecule is CC1(C)CC(=O)C(C(C2=C(Nc3ccc(F)cc3)CC(C)(C)CC2=O)c2ccc(Cl)cc2)=C(O)C1. The number of anilines is 1. The molecule has 2 aromatic rings. The van der Waals surface area contributed by atoms with Crippen molar-refractivity contribution in [3.8, 4) is 0 Å². The molecule has 0 fully saturated rings. The summed E-state index contributed by atoms with van der Waals surface area (Å²) in [7, 11) is 0. The number of carbonyl (C=O) groups is 2. The zero-order chi connectivity index (χ0) is 25.5. The Balaban J connectivity index is 1.94. The molecule has 1 atom stereocenters. The maximum Gasteiger partial charge on any atom is 0.163 e. The highest BCUT2D eigenvalue weighted by Crippen LogP contribution is 2.48. The van der Waals surface area contributed by atoms with Crippen molar-refractivity contribution in [2.45, 2.75) is 59.3 Å². The molecule has 1 unspecified atom stereocenters. The molecule has 0 aromatic heterocycles. The van der Waals surface area contributed by atoms with Gasteiger partial charge in [0, 0.05) is 52.7 Å². The van der Waals surface area contributed by atoms with Crippen LogP contribution in [0.1, 0.15) is 64.9 Å². The van der Waals surface area contributed by atoms with Crippen LogP contribution in [0.2, 0.25) is 5.02 Å². The highest BCUT2D eigenvalue weighted by atomic mass is 35.5. The number of hydrogen-bond donors (Lipinski definition) is 2. The average molecular weight is 496 g/mol. The third kappa shape index (κ3) is 5.51. The van der Waals surface area contributed by atoms with Gasteiger partial charge in [0.2, 0.25) is 0 Å². The fourth-order valence-corrected chi connectivity index (χ4v) is 5.38. The van der Waals surface area contributed by atoms with Gasteiger partial charge in [0.25, 0.3) is 0 Å². The molecule has 0 saturated heterocycles. The van der Waals surface area contributed by atoms with E-state index in [0.717, 1.165) is 0 Å². The Morgan fingerprint density at radius 1 is 0.829 bits per heavy atom. The molecule has 2 aliphatic carbocycles. The minimum atomic E-state index is -0.734. The van der Waals surface area contributed by atoms with Gasteiger partial charge in [-0.25, -0.2) is 4.39 Å². The van der Waals surface area contributed by atoms with E-state index in [-0.39, 0.29) is 46.0 Å². The molecule has 0 spiro atoms. The largest absolute Gasteiger partial charge is 0.512 e. The topological polar surface area (TPSA) is 66.4 Å². The zero-order valence-corrected chi connectivity index (χ0v) is 21.3. The second-order valence-corrected chi connectivity index (χ2v) is 11.7. The number of aliphatic hydroxyl groups is 1. The molecule has 4 rings (SSSR count). The Hall–Kier alpha value is -2.92. The summed E-state index contributed by atoms with van der Waals surface area (Å²) in [6.45, 7) is 7.95. The van der Waals surface area contributed by atoms with Crippen molar-refractivity contribution in [2.75, 3.05) is 5.32 Å². The summed E-state index contributed by atoms with van der Waals surface area (Å²) in [5.41, 5.74) is 2.10. The number of carbonyl (C=O) groups excluding carboxylic acids is 2. The number of ketones is 2. The van der Waals surface area contributed by atoms with Gasteiger partial charge in [0.1, 0.15) is 11.6 Å². The number of halogens is 2. The Labute approximate surface area is 210 Å². The van der Waals surface area contributed by atoms with E-state index in [1.807, 2.05) is 27.7 Å².